The summed E-state index contributed by atoms with van der Waals surface area (Å²) in [6.07, 6.45) is 2.25. The third kappa shape index (κ3) is 2.67. The Balaban J connectivity index is 2.49. The van der Waals surface area contributed by atoms with Gasteiger partial charge in [0.1, 0.15) is 5.82 Å². The molecule has 0 N–H and O–H groups in total. The Bertz CT molecular complexity index is 640. The molecule has 0 aliphatic heterocycles. The molecule has 0 radical (unpaired) electrons. The maximum absolute atomic E-state index is 13.9. The number of methoxy groups -OCH3 is 1. The van der Waals surface area contributed by atoms with Crippen LogP contribution in [0.4, 0.5) is 4.39 Å². The molecule has 20 heavy (non-hydrogen) atoms. The van der Waals surface area contributed by atoms with Crippen LogP contribution in [0.1, 0.15) is 29.4 Å². The van der Waals surface area contributed by atoms with Crippen molar-refractivity contribution in [1.82, 2.24) is 9.78 Å². The minimum Gasteiger partial charge on any atom is -0.493 e. The molecule has 0 bridgehead atoms. The lowest BCUT2D eigenvalue weighted by Gasteiger charge is -2.08. The highest BCUT2D eigenvalue weighted by Gasteiger charge is 2.23. The summed E-state index contributed by atoms with van der Waals surface area (Å²) >= 11 is 5.69. The van der Waals surface area contributed by atoms with Crippen LogP contribution in [0.15, 0.2) is 24.4 Å². The van der Waals surface area contributed by atoms with Gasteiger partial charge in [0.15, 0.2) is 11.4 Å². The molecule has 4 nitrogen and oxygen atoms in total. The summed E-state index contributed by atoms with van der Waals surface area (Å²) in [5, 5.41) is 4.34. The van der Waals surface area contributed by atoms with Gasteiger partial charge in [-0.1, -0.05) is 18.5 Å². The van der Waals surface area contributed by atoms with Crippen molar-refractivity contribution >= 4 is 17.4 Å². The zero-order valence-corrected chi connectivity index (χ0v) is 11.9. The molecule has 6 heteroatoms. The quantitative estimate of drug-likeness (QED) is 0.795. The second-order valence-corrected chi connectivity index (χ2v) is 4.67. The minimum absolute atomic E-state index is 0.0504. The average molecular weight is 297 g/mol. The highest BCUT2D eigenvalue weighted by Crippen LogP contribution is 2.24. The maximum Gasteiger partial charge on any atom is 0.217 e. The number of hydrogen-bond donors (Lipinski definition) is 0. The van der Waals surface area contributed by atoms with Crippen molar-refractivity contribution in [3.05, 3.63) is 46.5 Å². The molecule has 0 unspecified atom stereocenters. The van der Waals surface area contributed by atoms with E-state index < -0.39 is 11.6 Å². The van der Waals surface area contributed by atoms with Crippen LogP contribution in [-0.4, -0.2) is 22.7 Å². The van der Waals surface area contributed by atoms with Gasteiger partial charge in [-0.2, -0.15) is 5.10 Å². The van der Waals surface area contributed by atoms with Gasteiger partial charge in [-0.25, -0.2) is 4.39 Å². The highest BCUT2D eigenvalue weighted by molar-refractivity contribution is 6.30. The highest BCUT2D eigenvalue weighted by atomic mass is 35.5. The molecule has 0 aliphatic rings. The first-order chi connectivity index (χ1) is 9.58. The molecule has 1 heterocycles. The number of hydrogen-bond acceptors (Lipinski definition) is 3. The van der Waals surface area contributed by atoms with Gasteiger partial charge in [0.2, 0.25) is 5.78 Å². The van der Waals surface area contributed by atoms with Crippen molar-refractivity contribution < 1.29 is 13.9 Å². The lowest BCUT2D eigenvalue weighted by molar-refractivity contribution is 0.102. The van der Waals surface area contributed by atoms with E-state index in [0.29, 0.717) is 12.3 Å². The van der Waals surface area contributed by atoms with Crippen molar-refractivity contribution in [3.63, 3.8) is 0 Å². The maximum atomic E-state index is 13.9. The molecule has 1 aromatic carbocycles. The molecule has 2 rings (SSSR count). The van der Waals surface area contributed by atoms with Crippen molar-refractivity contribution in [2.24, 2.45) is 0 Å². The molecular weight excluding hydrogens is 283 g/mol. The SMILES string of the molecule is CCCn1ncc(OC)c1C(=O)c1ccc(Cl)cc1F. The summed E-state index contributed by atoms with van der Waals surface area (Å²) in [6.45, 7) is 2.52. The van der Waals surface area contributed by atoms with Gasteiger partial charge in [-0.15, -0.1) is 0 Å². The molecule has 0 saturated heterocycles. The van der Waals surface area contributed by atoms with Gasteiger partial charge in [0, 0.05) is 11.6 Å². The van der Waals surface area contributed by atoms with Gasteiger partial charge in [-0.3, -0.25) is 9.48 Å². The first-order valence-corrected chi connectivity index (χ1v) is 6.55. The van der Waals surface area contributed by atoms with Crippen LogP contribution in [0.3, 0.4) is 0 Å². The monoisotopic (exact) mass is 296 g/mol. The van der Waals surface area contributed by atoms with E-state index in [1.165, 1.54) is 30.1 Å². The van der Waals surface area contributed by atoms with E-state index in [1.54, 1.807) is 0 Å². The number of ether oxygens (including phenoxy) is 1. The number of ketones is 1. The molecule has 0 amide bonds. The second-order valence-electron chi connectivity index (χ2n) is 4.24. The van der Waals surface area contributed by atoms with Gasteiger partial charge in [0.05, 0.1) is 18.9 Å². The largest absolute Gasteiger partial charge is 0.493 e. The molecule has 0 atom stereocenters. The normalized spacial score (nSPS) is 10.6. The van der Waals surface area contributed by atoms with Crippen LogP contribution in [0, 0.1) is 5.82 Å². The minimum atomic E-state index is -0.659. The fraction of sp³-hybridized carbons (Fsp3) is 0.286. The predicted molar refractivity (Wildman–Crippen MR) is 73.9 cm³/mol. The summed E-state index contributed by atoms with van der Waals surface area (Å²) in [5.74, 6) is -0.798. The van der Waals surface area contributed by atoms with E-state index >= 15 is 0 Å². The van der Waals surface area contributed by atoms with Crippen LogP contribution in [0.2, 0.25) is 5.02 Å². The number of halogens is 2. The van der Waals surface area contributed by atoms with Crippen LogP contribution in [0.5, 0.6) is 5.75 Å². The second kappa shape index (κ2) is 6.05. The molecule has 0 saturated carbocycles. The molecule has 1 aromatic heterocycles. The Morgan fingerprint density at radius 2 is 2.25 bits per heavy atom. The summed E-state index contributed by atoms with van der Waals surface area (Å²) in [7, 11) is 1.45. The number of aryl methyl sites for hydroxylation is 1. The Morgan fingerprint density at radius 1 is 1.50 bits per heavy atom. The first-order valence-electron chi connectivity index (χ1n) is 6.18. The van der Waals surface area contributed by atoms with Crippen LogP contribution in [0.25, 0.3) is 0 Å². The fourth-order valence-electron chi connectivity index (χ4n) is 1.93. The van der Waals surface area contributed by atoms with Crippen LogP contribution >= 0.6 is 11.6 Å². The van der Waals surface area contributed by atoms with E-state index in [0.717, 1.165) is 12.5 Å². The zero-order valence-electron chi connectivity index (χ0n) is 11.2. The third-order valence-corrected chi connectivity index (χ3v) is 3.09. The van der Waals surface area contributed by atoms with Gasteiger partial charge in [0.25, 0.3) is 0 Å². The number of aromatic nitrogens is 2. The van der Waals surface area contributed by atoms with Crippen molar-refractivity contribution in [3.8, 4) is 5.75 Å². The number of nitrogens with zero attached hydrogens (tertiary/aromatic N) is 2. The Kier molecular flexibility index (Phi) is 4.39. The molecular formula is C14H14ClFN2O2. The predicted octanol–water partition coefficient (Wildman–Crippen LogP) is 3.33. The van der Waals surface area contributed by atoms with E-state index in [-0.39, 0.29) is 16.3 Å². The standard InChI is InChI=1S/C14H14ClFN2O2/c1-3-6-18-13(12(20-2)8-17-18)14(19)10-5-4-9(15)7-11(10)16/h4-5,7-8H,3,6H2,1-2H3. The average Bonchev–Trinajstić information content (AvgIpc) is 2.81. The topological polar surface area (TPSA) is 44.1 Å². The third-order valence-electron chi connectivity index (χ3n) is 2.85. The Morgan fingerprint density at radius 3 is 2.85 bits per heavy atom. The number of rotatable bonds is 5. The Labute approximate surface area is 121 Å². The lowest BCUT2D eigenvalue weighted by atomic mass is 10.1. The lowest BCUT2D eigenvalue weighted by Crippen LogP contribution is -2.13. The zero-order chi connectivity index (χ0) is 14.7. The van der Waals surface area contributed by atoms with Crippen molar-refractivity contribution in [1.29, 1.82) is 0 Å². The van der Waals surface area contributed by atoms with Crippen LogP contribution < -0.4 is 4.74 Å². The molecule has 0 aliphatic carbocycles. The molecule has 0 fully saturated rings. The van der Waals surface area contributed by atoms with Crippen molar-refractivity contribution in [2.45, 2.75) is 19.9 Å². The molecule has 2 aromatic rings. The number of carbonyl (C=O) groups excluding carboxylic acids is 1. The van der Waals surface area contributed by atoms with Crippen LogP contribution in [-0.2, 0) is 6.54 Å². The first kappa shape index (κ1) is 14.5. The van der Waals surface area contributed by atoms with Crippen molar-refractivity contribution in [2.75, 3.05) is 7.11 Å². The smallest absolute Gasteiger partial charge is 0.217 e. The molecule has 106 valence electrons. The number of carbonyl (C=O) groups is 1. The summed E-state index contributed by atoms with van der Waals surface area (Å²) in [4.78, 5) is 12.5. The summed E-state index contributed by atoms with van der Waals surface area (Å²) in [6, 6.07) is 3.95. The summed E-state index contributed by atoms with van der Waals surface area (Å²) < 4.78 is 20.5. The van der Waals surface area contributed by atoms with E-state index in [2.05, 4.69) is 5.10 Å². The van der Waals surface area contributed by atoms with E-state index in [4.69, 9.17) is 16.3 Å². The number of benzene rings is 1. The Hall–Kier alpha value is -1.88. The van der Waals surface area contributed by atoms with Gasteiger partial charge in [-0.05, 0) is 24.6 Å². The van der Waals surface area contributed by atoms with E-state index in [1.807, 2.05) is 6.92 Å². The molecule has 0 spiro atoms. The van der Waals surface area contributed by atoms with Gasteiger partial charge < -0.3 is 4.74 Å². The van der Waals surface area contributed by atoms with E-state index in [9.17, 15) is 9.18 Å². The summed E-state index contributed by atoms with van der Waals surface area (Å²) in [5.41, 5.74) is 0.195. The van der Waals surface area contributed by atoms with Gasteiger partial charge >= 0.3 is 0 Å². The fourth-order valence-corrected chi connectivity index (χ4v) is 2.09.